The van der Waals surface area contributed by atoms with Crippen molar-refractivity contribution in [3.63, 3.8) is 0 Å². The lowest BCUT2D eigenvalue weighted by molar-refractivity contribution is -0.126. The summed E-state index contributed by atoms with van der Waals surface area (Å²) in [7, 11) is 3.49. The number of piperidine rings is 1. The van der Waals surface area contributed by atoms with Crippen LogP contribution in [0.3, 0.4) is 0 Å². The van der Waals surface area contributed by atoms with Gasteiger partial charge in [-0.15, -0.1) is 12.4 Å². The van der Waals surface area contributed by atoms with Gasteiger partial charge in [0.2, 0.25) is 5.91 Å². The third kappa shape index (κ3) is 5.12. The fraction of sp³-hybridized carbons (Fsp3) is 0.562. The molecule has 23 heavy (non-hydrogen) atoms. The molecule has 1 amide bonds. The highest BCUT2D eigenvalue weighted by Crippen LogP contribution is 2.24. The summed E-state index contributed by atoms with van der Waals surface area (Å²) < 4.78 is 27.9. The van der Waals surface area contributed by atoms with E-state index in [0.717, 1.165) is 25.9 Å². The van der Waals surface area contributed by atoms with Crippen LogP contribution in [0.2, 0.25) is 0 Å². The van der Waals surface area contributed by atoms with E-state index in [-0.39, 0.29) is 36.3 Å². The van der Waals surface area contributed by atoms with Gasteiger partial charge in [-0.3, -0.25) is 4.79 Å². The third-order valence-electron chi connectivity index (χ3n) is 4.14. The number of rotatable bonds is 5. The molecule has 0 spiro atoms. The first kappa shape index (κ1) is 19.8. The molecule has 4 nitrogen and oxygen atoms in total. The van der Waals surface area contributed by atoms with Gasteiger partial charge in [0.1, 0.15) is 11.6 Å². The number of carbonyl (C=O) groups is 1. The topological polar surface area (TPSA) is 44.4 Å². The molecular formula is C16H24ClF2N3O. The second-order valence-electron chi connectivity index (χ2n) is 5.88. The lowest BCUT2D eigenvalue weighted by atomic mass is 9.97. The Hall–Kier alpha value is -1.24. The third-order valence-corrected chi connectivity index (χ3v) is 4.14. The average Bonchev–Trinajstić information content (AvgIpc) is 2.50. The van der Waals surface area contributed by atoms with Gasteiger partial charge in [0.15, 0.2) is 0 Å². The summed E-state index contributed by atoms with van der Waals surface area (Å²) in [5.74, 6) is -1.23. The number of nitrogens with zero attached hydrogens (tertiary/aromatic N) is 1. The summed E-state index contributed by atoms with van der Waals surface area (Å²) in [5.41, 5.74) is -0.00175. The van der Waals surface area contributed by atoms with Crippen molar-refractivity contribution in [2.45, 2.75) is 18.9 Å². The zero-order valence-corrected chi connectivity index (χ0v) is 14.3. The zero-order valence-electron chi connectivity index (χ0n) is 13.4. The molecule has 0 saturated carbocycles. The molecule has 0 aromatic heterocycles. The normalized spacial score (nSPS) is 16.7. The van der Waals surface area contributed by atoms with Crippen molar-refractivity contribution in [1.29, 1.82) is 0 Å². The summed E-state index contributed by atoms with van der Waals surface area (Å²) in [6.07, 6.45) is 1.60. The van der Waals surface area contributed by atoms with Crippen LogP contribution in [0.5, 0.6) is 0 Å². The van der Waals surface area contributed by atoms with Crippen molar-refractivity contribution < 1.29 is 13.6 Å². The fourth-order valence-electron chi connectivity index (χ4n) is 2.80. The molecule has 1 fully saturated rings. The predicted molar refractivity (Wildman–Crippen MR) is 88.6 cm³/mol. The molecule has 2 N–H and O–H groups in total. The molecule has 0 radical (unpaired) electrons. The van der Waals surface area contributed by atoms with Crippen LogP contribution in [0.1, 0.15) is 24.4 Å². The minimum Gasteiger partial charge on any atom is -0.354 e. The van der Waals surface area contributed by atoms with Crippen molar-refractivity contribution in [2.24, 2.45) is 5.92 Å². The smallest absolute Gasteiger partial charge is 0.223 e. The Bertz CT molecular complexity index is 502. The van der Waals surface area contributed by atoms with E-state index in [1.165, 1.54) is 18.2 Å². The first-order chi connectivity index (χ1) is 10.5. The van der Waals surface area contributed by atoms with Crippen LogP contribution >= 0.6 is 12.4 Å². The van der Waals surface area contributed by atoms with Gasteiger partial charge in [0.25, 0.3) is 0 Å². The minimum absolute atomic E-state index is 0. The highest BCUT2D eigenvalue weighted by molar-refractivity contribution is 5.85. The molecule has 0 bridgehead atoms. The maximum absolute atomic E-state index is 14.0. The summed E-state index contributed by atoms with van der Waals surface area (Å²) in [6.45, 7) is 1.85. The van der Waals surface area contributed by atoms with Crippen LogP contribution in [0, 0.1) is 17.6 Å². The van der Waals surface area contributed by atoms with Gasteiger partial charge < -0.3 is 15.5 Å². The lowest BCUT2D eigenvalue weighted by Gasteiger charge is -2.27. The Labute approximate surface area is 142 Å². The monoisotopic (exact) mass is 347 g/mol. The maximum Gasteiger partial charge on any atom is 0.223 e. The van der Waals surface area contributed by atoms with E-state index in [0.29, 0.717) is 0 Å². The number of benzene rings is 1. The maximum atomic E-state index is 14.0. The van der Waals surface area contributed by atoms with Gasteiger partial charge in [-0.1, -0.05) is 6.07 Å². The van der Waals surface area contributed by atoms with Crippen LogP contribution < -0.4 is 10.6 Å². The number of hydrogen-bond donors (Lipinski definition) is 2. The van der Waals surface area contributed by atoms with Gasteiger partial charge in [0.05, 0.1) is 6.04 Å². The van der Waals surface area contributed by atoms with Crippen LogP contribution in [0.25, 0.3) is 0 Å². The van der Waals surface area contributed by atoms with Gasteiger partial charge in [0, 0.05) is 18.0 Å². The predicted octanol–water partition coefficient (Wildman–Crippen LogP) is 2.11. The van der Waals surface area contributed by atoms with Crippen LogP contribution in [0.15, 0.2) is 18.2 Å². The molecule has 1 atom stereocenters. The summed E-state index contributed by atoms with van der Waals surface area (Å²) in [5, 5.41) is 6.05. The van der Waals surface area contributed by atoms with E-state index in [2.05, 4.69) is 10.6 Å². The summed E-state index contributed by atoms with van der Waals surface area (Å²) in [6, 6.07) is 3.29. The van der Waals surface area contributed by atoms with E-state index < -0.39 is 17.7 Å². The van der Waals surface area contributed by atoms with Gasteiger partial charge >= 0.3 is 0 Å². The number of likely N-dealkylation sites (N-methyl/N-ethyl adjacent to an activating group) is 1. The SMILES string of the molecule is CN(C)C(CNC(=O)C1CCNCC1)c1c(F)cccc1F.Cl. The summed E-state index contributed by atoms with van der Waals surface area (Å²) in [4.78, 5) is 13.9. The number of carbonyl (C=O) groups excluding carboxylic acids is 1. The van der Waals surface area contributed by atoms with Crippen LogP contribution in [-0.4, -0.2) is 44.5 Å². The van der Waals surface area contributed by atoms with Crippen molar-refractivity contribution in [1.82, 2.24) is 15.5 Å². The Morgan fingerprint density at radius 2 is 1.87 bits per heavy atom. The highest BCUT2D eigenvalue weighted by atomic mass is 35.5. The fourth-order valence-corrected chi connectivity index (χ4v) is 2.80. The van der Waals surface area contributed by atoms with Gasteiger partial charge in [-0.2, -0.15) is 0 Å². The minimum atomic E-state index is -0.588. The molecule has 1 aromatic carbocycles. The van der Waals surface area contributed by atoms with E-state index in [9.17, 15) is 13.6 Å². The first-order valence-electron chi connectivity index (χ1n) is 7.59. The van der Waals surface area contributed by atoms with Crippen LogP contribution in [0.4, 0.5) is 8.78 Å². The number of amides is 1. The molecular weight excluding hydrogens is 324 g/mol. The molecule has 7 heteroatoms. The standard InChI is InChI=1S/C16H23F2N3O.ClH/c1-21(2)14(15-12(17)4-3-5-13(15)18)10-20-16(22)11-6-8-19-9-7-11;/h3-5,11,14,19H,6-10H2,1-2H3,(H,20,22);1H. The van der Waals surface area contributed by atoms with Crippen molar-refractivity contribution in [3.8, 4) is 0 Å². The average molecular weight is 348 g/mol. The van der Waals surface area contributed by atoms with E-state index >= 15 is 0 Å². The Morgan fingerprint density at radius 3 is 2.39 bits per heavy atom. The number of halogens is 3. The molecule has 1 aromatic rings. The van der Waals surface area contributed by atoms with Crippen molar-refractivity contribution >= 4 is 18.3 Å². The van der Waals surface area contributed by atoms with E-state index in [4.69, 9.17) is 0 Å². The van der Waals surface area contributed by atoms with Gasteiger partial charge in [-0.25, -0.2) is 8.78 Å². The van der Waals surface area contributed by atoms with E-state index in [1.54, 1.807) is 19.0 Å². The largest absolute Gasteiger partial charge is 0.354 e. The Balaban J connectivity index is 0.00000264. The van der Waals surface area contributed by atoms with Gasteiger partial charge in [-0.05, 0) is 52.2 Å². The quantitative estimate of drug-likeness (QED) is 0.857. The molecule has 1 unspecified atom stereocenters. The molecule has 1 heterocycles. The Kier molecular flexibility index (Phi) is 7.88. The zero-order chi connectivity index (χ0) is 16.1. The van der Waals surface area contributed by atoms with Crippen molar-refractivity contribution in [3.05, 3.63) is 35.4 Å². The first-order valence-corrected chi connectivity index (χ1v) is 7.59. The molecule has 2 rings (SSSR count). The molecule has 1 aliphatic rings. The molecule has 1 saturated heterocycles. The Morgan fingerprint density at radius 1 is 1.30 bits per heavy atom. The lowest BCUT2D eigenvalue weighted by Crippen LogP contribution is -2.41. The van der Waals surface area contributed by atoms with E-state index in [1.807, 2.05) is 0 Å². The second-order valence-corrected chi connectivity index (χ2v) is 5.88. The van der Waals surface area contributed by atoms with Crippen LogP contribution in [-0.2, 0) is 4.79 Å². The number of nitrogens with one attached hydrogen (secondary N) is 2. The van der Waals surface area contributed by atoms with Crippen molar-refractivity contribution in [2.75, 3.05) is 33.7 Å². The number of hydrogen-bond acceptors (Lipinski definition) is 3. The highest BCUT2D eigenvalue weighted by Gasteiger charge is 2.25. The summed E-state index contributed by atoms with van der Waals surface area (Å²) >= 11 is 0. The molecule has 1 aliphatic heterocycles. The second kappa shape index (κ2) is 9.15. The molecule has 130 valence electrons. The molecule has 0 aliphatic carbocycles.